The summed E-state index contributed by atoms with van der Waals surface area (Å²) in [5.41, 5.74) is 2.72. The molecule has 0 spiro atoms. The average Bonchev–Trinajstić information content (AvgIpc) is 3.32. The maximum absolute atomic E-state index is 13.1. The van der Waals surface area contributed by atoms with Gasteiger partial charge in [-0.25, -0.2) is 0 Å². The minimum absolute atomic E-state index is 0. The highest BCUT2D eigenvalue weighted by atomic mass is 35.5. The number of alkyl halides is 3. The van der Waals surface area contributed by atoms with E-state index in [4.69, 9.17) is 9.63 Å². The van der Waals surface area contributed by atoms with Crippen molar-refractivity contribution in [3.05, 3.63) is 78.4 Å². The number of rotatable bonds is 9. The van der Waals surface area contributed by atoms with Crippen molar-refractivity contribution in [3.63, 3.8) is 0 Å². The summed E-state index contributed by atoms with van der Waals surface area (Å²) >= 11 is 0. The van der Waals surface area contributed by atoms with Crippen molar-refractivity contribution in [2.75, 3.05) is 6.54 Å². The van der Waals surface area contributed by atoms with Gasteiger partial charge in [0.1, 0.15) is 5.75 Å². The Hall–Kier alpha value is -3.89. The molecule has 188 valence electrons. The predicted molar refractivity (Wildman–Crippen MR) is 128 cm³/mol. The van der Waals surface area contributed by atoms with Gasteiger partial charge in [-0.15, -0.1) is 25.6 Å². The molecule has 1 heterocycles. The van der Waals surface area contributed by atoms with Gasteiger partial charge in [0.2, 0.25) is 5.82 Å². The molecule has 1 aromatic heterocycles. The number of aliphatic carboxylic acids is 1. The standard InChI is InChI=1S/C25H20F3N3O4.ClH/c26-25(27,28)34-21-14-19(10-11-20(21)17-4-2-1-3-5-17)24-30-23(31-35-24)18-8-6-16(7-9-18)15-29-13-12-22(32)33;/h1-11,14,29H,12-13,15H2,(H,32,33);1H. The highest BCUT2D eigenvalue weighted by molar-refractivity contribution is 5.85. The first-order chi connectivity index (χ1) is 16.8. The van der Waals surface area contributed by atoms with Crippen molar-refractivity contribution < 1.29 is 32.3 Å². The van der Waals surface area contributed by atoms with Crippen LogP contribution in [0.15, 0.2) is 77.3 Å². The summed E-state index contributed by atoms with van der Waals surface area (Å²) in [6, 6.07) is 20.2. The molecule has 4 rings (SSSR count). The summed E-state index contributed by atoms with van der Waals surface area (Å²) in [5.74, 6) is -0.921. The normalized spacial score (nSPS) is 11.1. The molecule has 0 aliphatic heterocycles. The highest BCUT2D eigenvalue weighted by Crippen LogP contribution is 2.37. The van der Waals surface area contributed by atoms with E-state index in [0.29, 0.717) is 24.2 Å². The van der Waals surface area contributed by atoms with Gasteiger partial charge in [0.05, 0.1) is 6.42 Å². The third kappa shape index (κ3) is 7.06. The first-order valence-corrected chi connectivity index (χ1v) is 10.6. The third-order valence-corrected chi connectivity index (χ3v) is 5.02. The molecule has 11 heteroatoms. The number of hydrogen-bond donors (Lipinski definition) is 2. The van der Waals surface area contributed by atoms with Crippen LogP contribution in [-0.2, 0) is 11.3 Å². The van der Waals surface area contributed by atoms with Crippen LogP contribution in [0.25, 0.3) is 34.0 Å². The van der Waals surface area contributed by atoms with E-state index >= 15 is 0 Å². The van der Waals surface area contributed by atoms with E-state index in [1.54, 1.807) is 48.5 Å². The molecule has 0 bridgehead atoms. The molecule has 0 unspecified atom stereocenters. The van der Waals surface area contributed by atoms with Crippen LogP contribution < -0.4 is 10.1 Å². The molecule has 2 N–H and O–H groups in total. The highest BCUT2D eigenvalue weighted by Gasteiger charge is 2.32. The fourth-order valence-electron chi connectivity index (χ4n) is 3.38. The molecule has 0 aliphatic rings. The third-order valence-electron chi connectivity index (χ3n) is 5.02. The van der Waals surface area contributed by atoms with Crippen LogP contribution in [0.3, 0.4) is 0 Å². The van der Waals surface area contributed by atoms with E-state index < -0.39 is 12.3 Å². The maximum atomic E-state index is 13.1. The van der Waals surface area contributed by atoms with Gasteiger partial charge in [-0.1, -0.05) is 59.8 Å². The molecule has 0 fully saturated rings. The Kier molecular flexibility index (Phi) is 8.68. The second kappa shape index (κ2) is 11.7. The zero-order chi connectivity index (χ0) is 24.8. The van der Waals surface area contributed by atoms with Crippen LogP contribution in [0.1, 0.15) is 12.0 Å². The van der Waals surface area contributed by atoms with Crippen LogP contribution >= 0.6 is 12.4 Å². The quantitative estimate of drug-likeness (QED) is 0.263. The smallest absolute Gasteiger partial charge is 0.481 e. The number of nitrogens with zero attached hydrogens (tertiary/aromatic N) is 2. The molecule has 36 heavy (non-hydrogen) atoms. The molecular weight excluding hydrogens is 499 g/mol. The summed E-state index contributed by atoms with van der Waals surface area (Å²) in [5, 5.41) is 15.6. The van der Waals surface area contributed by atoms with E-state index in [-0.39, 0.29) is 47.4 Å². The van der Waals surface area contributed by atoms with Gasteiger partial charge in [0, 0.05) is 29.8 Å². The van der Waals surface area contributed by atoms with Crippen molar-refractivity contribution in [2.24, 2.45) is 0 Å². The van der Waals surface area contributed by atoms with Gasteiger partial charge in [-0.2, -0.15) is 4.98 Å². The second-order valence-electron chi connectivity index (χ2n) is 7.57. The van der Waals surface area contributed by atoms with Crippen LogP contribution in [0.5, 0.6) is 5.75 Å². The monoisotopic (exact) mass is 519 g/mol. The lowest BCUT2D eigenvalue weighted by molar-refractivity contribution is -0.274. The zero-order valence-electron chi connectivity index (χ0n) is 18.7. The van der Waals surface area contributed by atoms with E-state index in [9.17, 15) is 18.0 Å². The number of hydrogen-bond acceptors (Lipinski definition) is 6. The van der Waals surface area contributed by atoms with E-state index in [1.165, 1.54) is 12.1 Å². The molecule has 0 aliphatic carbocycles. The van der Waals surface area contributed by atoms with Crippen LogP contribution in [0.2, 0.25) is 0 Å². The van der Waals surface area contributed by atoms with Gasteiger partial charge < -0.3 is 19.7 Å². The first kappa shape index (κ1) is 26.7. The molecule has 0 saturated heterocycles. The van der Waals surface area contributed by atoms with E-state index in [0.717, 1.165) is 5.56 Å². The van der Waals surface area contributed by atoms with Crippen molar-refractivity contribution in [2.45, 2.75) is 19.3 Å². The Balaban J connectivity index is 0.00000361. The van der Waals surface area contributed by atoms with Crippen LogP contribution in [-0.4, -0.2) is 34.1 Å². The number of halogens is 4. The Bertz CT molecular complexity index is 1300. The molecule has 0 amide bonds. The lowest BCUT2D eigenvalue weighted by Crippen LogP contribution is -2.17. The minimum Gasteiger partial charge on any atom is -0.481 e. The molecule has 0 saturated carbocycles. The Morgan fingerprint density at radius 1 is 0.972 bits per heavy atom. The summed E-state index contributed by atoms with van der Waals surface area (Å²) in [4.78, 5) is 14.9. The zero-order valence-corrected chi connectivity index (χ0v) is 19.5. The van der Waals surface area contributed by atoms with Gasteiger partial charge in [-0.05, 0) is 29.3 Å². The summed E-state index contributed by atoms with van der Waals surface area (Å²) < 4.78 is 48.8. The lowest BCUT2D eigenvalue weighted by Gasteiger charge is -2.14. The van der Waals surface area contributed by atoms with Crippen molar-refractivity contribution in [1.29, 1.82) is 0 Å². The number of carboxylic acid groups (broad SMARTS) is 1. The fraction of sp³-hybridized carbons (Fsp3) is 0.160. The van der Waals surface area contributed by atoms with Crippen molar-refractivity contribution >= 4 is 18.4 Å². The Labute approximate surface area is 210 Å². The summed E-state index contributed by atoms with van der Waals surface area (Å²) in [7, 11) is 0. The SMILES string of the molecule is Cl.O=C(O)CCNCc1ccc(-c2noc(-c3ccc(-c4ccccc4)c(OC(F)(F)F)c3)n2)cc1. The fourth-order valence-corrected chi connectivity index (χ4v) is 3.38. The van der Waals surface area contributed by atoms with Gasteiger partial charge in [0.15, 0.2) is 0 Å². The molecule has 0 radical (unpaired) electrons. The van der Waals surface area contributed by atoms with Gasteiger partial charge in [-0.3, -0.25) is 4.79 Å². The largest absolute Gasteiger partial charge is 0.573 e. The number of ether oxygens (including phenoxy) is 1. The van der Waals surface area contributed by atoms with Crippen molar-refractivity contribution in [1.82, 2.24) is 15.5 Å². The molecule has 0 atom stereocenters. The molecule has 7 nitrogen and oxygen atoms in total. The minimum atomic E-state index is -4.87. The number of benzene rings is 3. The number of aromatic nitrogens is 2. The Morgan fingerprint density at radius 3 is 2.33 bits per heavy atom. The van der Waals surface area contributed by atoms with E-state index in [1.807, 2.05) is 12.1 Å². The van der Waals surface area contributed by atoms with Gasteiger partial charge in [0.25, 0.3) is 5.89 Å². The number of carboxylic acids is 1. The summed E-state index contributed by atoms with van der Waals surface area (Å²) in [6.07, 6.45) is -4.84. The van der Waals surface area contributed by atoms with Crippen molar-refractivity contribution in [3.8, 4) is 39.7 Å². The molecular formula is C25H21ClF3N3O4. The predicted octanol–water partition coefficient (Wildman–Crippen LogP) is 5.96. The van der Waals surface area contributed by atoms with Gasteiger partial charge >= 0.3 is 12.3 Å². The number of nitrogens with one attached hydrogen (secondary N) is 1. The van der Waals surface area contributed by atoms with Crippen LogP contribution in [0, 0.1) is 0 Å². The molecule has 3 aromatic carbocycles. The Morgan fingerprint density at radius 2 is 1.67 bits per heavy atom. The molecule has 4 aromatic rings. The van der Waals surface area contributed by atoms with E-state index in [2.05, 4.69) is 20.2 Å². The second-order valence-corrected chi connectivity index (χ2v) is 7.57. The number of carbonyl (C=O) groups is 1. The van der Waals surface area contributed by atoms with Crippen LogP contribution in [0.4, 0.5) is 13.2 Å². The maximum Gasteiger partial charge on any atom is 0.573 e. The lowest BCUT2D eigenvalue weighted by atomic mass is 10.0. The first-order valence-electron chi connectivity index (χ1n) is 10.6. The summed E-state index contributed by atoms with van der Waals surface area (Å²) in [6.45, 7) is 0.856. The average molecular weight is 520 g/mol. The topological polar surface area (TPSA) is 97.5 Å².